The topological polar surface area (TPSA) is 24.5 Å². The van der Waals surface area contributed by atoms with Gasteiger partial charge in [-0.1, -0.05) is 19.8 Å². The first-order valence-electron chi connectivity index (χ1n) is 9.28. The first-order chi connectivity index (χ1) is 10.2. The minimum atomic E-state index is 0.352. The normalized spacial score (nSPS) is 36.6. The Morgan fingerprint density at radius 2 is 2.05 bits per heavy atom. The van der Waals surface area contributed by atoms with Gasteiger partial charge in [-0.25, -0.2) is 0 Å². The summed E-state index contributed by atoms with van der Waals surface area (Å²) in [5, 5.41) is 3.93. The van der Waals surface area contributed by atoms with Gasteiger partial charge in [-0.3, -0.25) is 4.90 Å². The predicted molar refractivity (Wildman–Crippen MR) is 87.7 cm³/mol. The first kappa shape index (κ1) is 15.8. The van der Waals surface area contributed by atoms with Crippen LogP contribution >= 0.6 is 0 Å². The third-order valence-corrected chi connectivity index (χ3v) is 6.40. The highest BCUT2D eigenvalue weighted by Crippen LogP contribution is 2.37. The second kappa shape index (κ2) is 6.55. The Bertz CT molecular complexity index is 334. The van der Waals surface area contributed by atoms with E-state index in [4.69, 9.17) is 4.74 Å². The molecular formula is C18H34N2O. The van der Waals surface area contributed by atoms with Crippen LogP contribution in [0.15, 0.2) is 0 Å². The van der Waals surface area contributed by atoms with Gasteiger partial charge < -0.3 is 10.1 Å². The lowest BCUT2D eigenvalue weighted by atomic mass is 9.85. The van der Waals surface area contributed by atoms with Crippen LogP contribution in [0.4, 0.5) is 0 Å². The van der Waals surface area contributed by atoms with Crippen LogP contribution < -0.4 is 5.32 Å². The molecule has 1 N–H and O–H groups in total. The van der Waals surface area contributed by atoms with Gasteiger partial charge in [0.1, 0.15) is 0 Å². The zero-order valence-corrected chi connectivity index (χ0v) is 14.1. The monoisotopic (exact) mass is 294 g/mol. The average Bonchev–Trinajstić information content (AvgIpc) is 3.15. The van der Waals surface area contributed by atoms with Gasteiger partial charge in [-0.05, 0) is 58.4 Å². The second-order valence-electron chi connectivity index (χ2n) is 7.89. The zero-order chi connectivity index (χ0) is 14.8. The quantitative estimate of drug-likeness (QED) is 0.842. The molecule has 1 saturated carbocycles. The van der Waals surface area contributed by atoms with Gasteiger partial charge >= 0.3 is 0 Å². The lowest BCUT2D eigenvalue weighted by Crippen LogP contribution is -2.68. The lowest BCUT2D eigenvalue weighted by molar-refractivity contribution is 0.00953. The Balaban J connectivity index is 1.55. The lowest BCUT2D eigenvalue weighted by Gasteiger charge is -2.52. The van der Waals surface area contributed by atoms with Crippen molar-refractivity contribution in [3.63, 3.8) is 0 Å². The Morgan fingerprint density at radius 1 is 1.24 bits per heavy atom. The zero-order valence-electron chi connectivity index (χ0n) is 14.1. The number of piperazine rings is 1. The summed E-state index contributed by atoms with van der Waals surface area (Å²) < 4.78 is 5.78. The molecule has 21 heavy (non-hydrogen) atoms. The number of rotatable bonds is 5. The summed E-state index contributed by atoms with van der Waals surface area (Å²) in [6.07, 6.45) is 12.5. The van der Waals surface area contributed by atoms with Gasteiger partial charge in [0.25, 0.3) is 0 Å². The van der Waals surface area contributed by atoms with Crippen molar-refractivity contribution in [3.05, 3.63) is 0 Å². The van der Waals surface area contributed by atoms with Crippen LogP contribution in [0.1, 0.15) is 71.6 Å². The molecule has 0 amide bonds. The van der Waals surface area contributed by atoms with E-state index in [1.54, 1.807) is 0 Å². The molecule has 1 spiro atoms. The van der Waals surface area contributed by atoms with Gasteiger partial charge in [0.2, 0.25) is 0 Å². The minimum absolute atomic E-state index is 0.352. The van der Waals surface area contributed by atoms with Crippen molar-refractivity contribution < 1.29 is 4.74 Å². The van der Waals surface area contributed by atoms with Crippen molar-refractivity contribution in [2.45, 2.75) is 88.8 Å². The highest BCUT2D eigenvalue weighted by atomic mass is 16.5. The summed E-state index contributed by atoms with van der Waals surface area (Å²) in [5.41, 5.74) is 0.795. The molecule has 2 unspecified atom stereocenters. The van der Waals surface area contributed by atoms with Crippen LogP contribution in [0.3, 0.4) is 0 Å². The fourth-order valence-corrected chi connectivity index (χ4v) is 4.57. The molecule has 2 atom stereocenters. The molecule has 2 aliphatic heterocycles. The maximum Gasteiger partial charge on any atom is 0.0576 e. The van der Waals surface area contributed by atoms with Gasteiger partial charge in [0.15, 0.2) is 0 Å². The van der Waals surface area contributed by atoms with E-state index in [0.717, 1.165) is 6.61 Å². The third kappa shape index (κ3) is 3.46. The van der Waals surface area contributed by atoms with E-state index in [1.165, 1.54) is 77.4 Å². The molecule has 3 fully saturated rings. The maximum absolute atomic E-state index is 5.78. The van der Waals surface area contributed by atoms with E-state index in [0.29, 0.717) is 17.2 Å². The highest BCUT2D eigenvalue weighted by molar-refractivity contribution is 5.05. The number of nitrogens with zero attached hydrogens (tertiary/aromatic N) is 1. The van der Waals surface area contributed by atoms with E-state index in [9.17, 15) is 0 Å². The van der Waals surface area contributed by atoms with E-state index in [2.05, 4.69) is 24.1 Å². The minimum Gasteiger partial charge on any atom is -0.378 e. The summed E-state index contributed by atoms with van der Waals surface area (Å²) in [6, 6.07) is 0. The van der Waals surface area contributed by atoms with Gasteiger partial charge in [-0.2, -0.15) is 0 Å². The summed E-state index contributed by atoms with van der Waals surface area (Å²) in [4.78, 5) is 2.81. The Hall–Kier alpha value is -0.120. The smallest absolute Gasteiger partial charge is 0.0576 e. The fourth-order valence-electron chi connectivity index (χ4n) is 4.57. The number of hydrogen-bond donors (Lipinski definition) is 1. The third-order valence-electron chi connectivity index (χ3n) is 6.40. The highest BCUT2D eigenvalue weighted by Gasteiger charge is 2.45. The molecular weight excluding hydrogens is 260 g/mol. The molecule has 0 bridgehead atoms. The van der Waals surface area contributed by atoms with E-state index in [1.807, 2.05) is 0 Å². The molecule has 2 heterocycles. The molecule has 2 saturated heterocycles. The number of nitrogens with one attached hydrogen (secondary N) is 1. The molecule has 0 aromatic carbocycles. The van der Waals surface area contributed by atoms with Crippen molar-refractivity contribution >= 4 is 0 Å². The SMILES string of the molecule is CCC1(C)CNC2(CCCC2)CN1CCCC1CCCO1. The molecule has 122 valence electrons. The molecule has 0 radical (unpaired) electrons. The summed E-state index contributed by atoms with van der Waals surface area (Å²) in [6.45, 7) is 9.49. The molecule has 3 nitrogen and oxygen atoms in total. The molecule has 0 aromatic heterocycles. The van der Waals surface area contributed by atoms with Crippen molar-refractivity contribution in [1.29, 1.82) is 0 Å². The molecule has 0 aromatic rings. The Kier molecular flexibility index (Phi) is 4.92. The number of ether oxygens (including phenoxy) is 1. The fraction of sp³-hybridized carbons (Fsp3) is 1.00. The molecule has 3 aliphatic rings. The largest absolute Gasteiger partial charge is 0.378 e. The van der Waals surface area contributed by atoms with Gasteiger partial charge in [0, 0.05) is 30.8 Å². The Morgan fingerprint density at radius 3 is 2.71 bits per heavy atom. The van der Waals surface area contributed by atoms with E-state index < -0.39 is 0 Å². The van der Waals surface area contributed by atoms with E-state index >= 15 is 0 Å². The molecule has 1 aliphatic carbocycles. The average molecular weight is 294 g/mol. The second-order valence-corrected chi connectivity index (χ2v) is 7.89. The van der Waals surface area contributed by atoms with Gasteiger partial charge in [-0.15, -0.1) is 0 Å². The molecule has 3 rings (SSSR count). The van der Waals surface area contributed by atoms with Crippen molar-refractivity contribution in [1.82, 2.24) is 10.2 Å². The summed E-state index contributed by atoms with van der Waals surface area (Å²) in [7, 11) is 0. The first-order valence-corrected chi connectivity index (χ1v) is 9.28. The maximum atomic E-state index is 5.78. The van der Waals surface area contributed by atoms with Crippen LogP contribution in [0.2, 0.25) is 0 Å². The van der Waals surface area contributed by atoms with Crippen molar-refractivity contribution in [2.75, 3.05) is 26.2 Å². The predicted octanol–water partition coefficient (Wildman–Crippen LogP) is 3.33. The van der Waals surface area contributed by atoms with Crippen LogP contribution in [0.25, 0.3) is 0 Å². The van der Waals surface area contributed by atoms with Crippen molar-refractivity contribution in [2.24, 2.45) is 0 Å². The molecule has 3 heteroatoms. The van der Waals surface area contributed by atoms with Crippen molar-refractivity contribution in [3.8, 4) is 0 Å². The van der Waals surface area contributed by atoms with Gasteiger partial charge in [0.05, 0.1) is 6.10 Å². The van der Waals surface area contributed by atoms with Crippen LogP contribution in [-0.2, 0) is 4.74 Å². The summed E-state index contributed by atoms with van der Waals surface area (Å²) in [5.74, 6) is 0. The van der Waals surface area contributed by atoms with Crippen LogP contribution in [0.5, 0.6) is 0 Å². The van der Waals surface area contributed by atoms with E-state index in [-0.39, 0.29) is 0 Å². The van der Waals surface area contributed by atoms with Crippen LogP contribution in [-0.4, -0.2) is 48.3 Å². The van der Waals surface area contributed by atoms with Crippen LogP contribution in [0, 0.1) is 0 Å². The number of hydrogen-bond acceptors (Lipinski definition) is 3. The summed E-state index contributed by atoms with van der Waals surface area (Å²) >= 11 is 0. The Labute approximate surface area is 130 Å². The standard InChI is InChI=1S/C18H34N2O/c1-3-17(2)14-19-18(10-4-5-11-18)15-20(17)12-6-8-16-9-7-13-21-16/h16,19H,3-15H2,1-2H3.